The molecule has 144 valence electrons. The van der Waals surface area contributed by atoms with Gasteiger partial charge in [0.25, 0.3) is 0 Å². The third kappa shape index (κ3) is 4.88. The average molecular weight is 395 g/mol. The Bertz CT molecular complexity index is 933. The molecule has 3 rings (SSSR count). The zero-order valence-corrected chi connectivity index (χ0v) is 15.8. The first-order valence-corrected chi connectivity index (χ1v) is 9.95. The lowest BCUT2D eigenvalue weighted by molar-refractivity contribution is -0.153. The van der Waals surface area contributed by atoms with Gasteiger partial charge in [-0.1, -0.05) is 24.4 Å². The van der Waals surface area contributed by atoms with Crippen LogP contribution in [0.5, 0.6) is 5.75 Å². The fourth-order valence-electron chi connectivity index (χ4n) is 2.63. The van der Waals surface area contributed by atoms with Crippen molar-refractivity contribution < 1.29 is 17.9 Å². The van der Waals surface area contributed by atoms with Crippen LogP contribution < -0.4 is 4.74 Å². The molecule has 1 unspecified atom stereocenters. The van der Waals surface area contributed by atoms with Gasteiger partial charge in [0.05, 0.1) is 16.7 Å². The van der Waals surface area contributed by atoms with Gasteiger partial charge in [-0.3, -0.25) is 4.98 Å². The second kappa shape index (κ2) is 8.12. The van der Waals surface area contributed by atoms with E-state index in [4.69, 9.17) is 4.74 Å². The van der Waals surface area contributed by atoms with E-state index in [1.54, 1.807) is 6.92 Å². The molecule has 3 aromatic rings. The number of alkyl halides is 3. The van der Waals surface area contributed by atoms with Crippen LogP contribution >= 0.6 is 10.5 Å². The highest BCUT2D eigenvalue weighted by Crippen LogP contribution is 2.32. The number of nitrogens with one attached hydrogen (secondary N) is 1. The Morgan fingerprint density at radius 2 is 2.00 bits per heavy atom. The van der Waals surface area contributed by atoms with Crippen LogP contribution in [-0.4, -0.2) is 33.1 Å². The number of aromatic amines is 1. The lowest BCUT2D eigenvalue weighted by Gasteiger charge is -2.14. The lowest BCUT2D eigenvalue weighted by Crippen LogP contribution is -2.19. The van der Waals surface area contributed by atoms with Gasteiger partial charge in [-0.25, -0.2) is 4.98 Å². The predicted octanol–water partition coefficient (Wildman–Crippen LogP) is 5.25. The molecule has 0 amide bonds. The van der Waals surface area contributed by atoms with Crippen molar-refractivity contribution in [2.45, 2.75) is 37.4 Å². The number of aromatic nitrogens is 3. The summed E-state index contributed by atoms with van der Waals surface area (Å²) < 4.78 is 42.3. The highest BCUT2D eigenvalue weighted by Gasteiger charge is 2.28. The van der Waals surface area contributed by atoms with E-state index in [-0.39, 0.29) is 16.2 Å². The largest absolute Gasteiger partial charge is 0.484 e. The molecule has 2 aromatic heterocycles. The number of para-hydroxylation sites is 2. The Morgan fingerprint density at radius 1 is 1.22 bits per heavy atom. The number of imidazole rings is 1. The number of benzene rings is 1. The molecule has 4 nitrogen and oxygen atoms in total. The standard InChI is InChI=1S/C19H20F3N3OS/c1-3-10-27(18-24-14-6-4-5-7-15(14)25-18)11-16-13(2)17(8-9-23-16)26-12-19(20,21)22/h4-10H,3,11-12H2,1-2H3,(H,24,25). The zero-order valence-electron chi connectivity index (χ0n) is 15.0. The number of hydrogen-bond acceptors (Lipinski definition) is 3. The molecule has 0 bridgehead atoms. The number of hydrogen-bond donors (Lipinski definition) is 1. The fraction of sp³-hybridized carbons (Fsp3) is 0.316. The Kier molecular flexibility index (Phi) is 5.84. The molecule has 0 fully saturated rings. The van der Waals surface area contributed by atoms with Gasteiger partial charge in [0, 0.05) is 17.5 Å². The normalized spacial score (nSPS) is 13.2. The monoisotopic (exact) mass is 395 g/mol. The molecule has 0 aliphatic rings. The first-order chi connectivity index (χ1) is 12.9. The first kappa shape index (κ1) is 19.4. The van der Waals surface area contributed by atoms with Crippen LogP contribution in [0.15, 0.2) is 41.7 Å². The summed E-state index contributed by atoms with van der Waals surface area (Å²) in [6.45, 7) is 2.47. The first-order valence-electron chi connectivity index (χ1n) is 8.49. The second-order valence-electron chi connectivity index (χ2n) is 5.99. The van der Waals surface area contributed by atoms with Crippen LogP contribution in [0.1, 0.15) is 24.6 Å². The third-order valence-corrected chi connectivity index (χ3v) is 5.94. The molecule has 8 heteroatoms. The molecule has 27 heavy (non-hydrogen) atoms. The van der Waals surface area contributed by atoms with Crippen molar-refractivity contribution in [1.29, 1.82) is 0 Å². The maximum absolute atomic E-state index is 12.5. The molecule has 0 radical (unpaired) electrons. The van der Waals surface area contributed by atoms with E-state index in [0.29, 0.717) is 17.0 Å². The van der Waals surface area contributed by atoms with Crippen LogP contribution in [0.3, 0.4) is 0 Å². The molecule has 0 spiro atoms. The number of halogens is 3. The van der Waals surface area contributed by atoms with E-state index in [9.17, 15) is 13.2 Å². The maximum atomic E-state index is 12.5. The van der Waals surface area contributed by atoms with Crippen molar-refractivity contribution in [2.75, 3.05) is 6.61 Å². The van der Waals surface area contributed by atoms with Crippen LogP contribution in [0.25, 0.3) is 11.0 Å². The average Bonchev–Trinajstić information content (AvgIpc) is 3.05. The van der Waals surface area contributed by atoms with Crippen LogP contribution in [-0.2, 0) is 5.75 Å². The summed E-state index contributed by atoms with van der Waals surface area (Å²) in [4.78, 5) is 12.4. The van der Waals surface area contributed by atoms with E-state index in [0.717, 1.165) is 22.6 Å². The molecule has 0 saturated heterocycles. The highest BCUT2D eigenvalue weighted by molar-refractivity contribution is 8.14. The molecular formula is C19H20F3N3OS. The van der Waals surface area contributed by atoms with Crippen molar-refractivity contribution in [1.82, 2.24) is 15.0 Å². The summed E-state index contributed by atoms with van der Waals surface area (Å²) in [6, 6.07) is 9.25. The van der Waals surface area contributed by atoms with E-state index >= 15 is 0 Å². The van der Waals surface area contributed by atoms with Crippen molar-refractivity contribution in [3.05, 3.63) is 47.8 Å². The highest BCUT2D eigenvalue weighted by atomic mass is 32.2. The molecule has 0 aliphatic carbocycles. The topological polar surface area (TPSA) is 50.8 Å². The fourth-order valence-corrected chi connectivity index (χ4v) is 4.49. The SMILES string of the molecule is CCC=S(Cc1nccc(OCC(F)(F)F)c1C)c1nc2ccccc2[nH]1. The summed E-state index contributed by atoms with van der Waals surface area (Å²) in [5.41, 5.74) is 3.19. The van der Waals surface area contributed by atoms with Gasteiger partial charge in [0.15, 0.2) is 11.8 Å². The minimum Gasteiger partial charge on any atom is -0.484 e. The summed E-state index contributed by atoms with van der Waals surface area (Å²) in [5.74, 6) is 0.768. The molecule has 2 heterocycles. The van der Waals surface area contributed by atoms with Gasteiger partial charge < -0.3 is 9.72 Å². The Balaban J connectivity index is 1.88. The van der Waals surface area contributed by atoms with Crippen molar-refractivity contribution >= 4 is 26.9 Å². The van der Waals surface area contributed by atoms with Gasteiger partial charge in [-0.05, 0) is 31.5 Å². The third-order valence-electron chi connectivity index (χ3n) is 3.93. The van der Waals surface area contributed by atoms with Crippen LogP contribution in [0.4, 0.5) is 13.2 Å². The van der Waals surface area contributed by atoms with Crippen LogP contribution in [0.2, 0.25) is 0 Å². The molecule has 1 atom stereocenters. The number of nitrogens with zero attached hydrogens (tertiary/aromatic N) is 2. The van der Waals surface area contributed by atoms with Crippen molar-refractivity contribution in [3.8, 4) is 5.75 Å². The Hall–Kier alpha value is -2.35. The maximum Gasteiger partial charge on any atom is 0.422 e. The van der Waals surface area contributed by atoms with Crippen molar-refractivity contribution in [2.24, 2.45) is 0 Å². The summed E-state index contributed by atoms with van der Waals surface area (Å²) >= 11 is 0. The molecule has 1 aromatic carbocycles. The van der Waals surface area contributed by atoms with Crippen molar-refractivity contribution in [3.63, 3.8) is 0 Å². The smallest absolute Gasteiger partial charge is 0.422 e. The minimum absolute atomic E-state index is 0.210. The van der Waals surface area contributed by atoms with E-state index in [2.05, 4.69) is 20.3 Å². The number of fused-ring (bicyclic) bond motifs is 1. The summed E-state index contributed by atoms with van der Waals surface area (Å²) in [7, 11) is -0.343. The predicted molar refractivity (Wildman–Crippen MR) is 103 cm³/mol. The van der Waals surface area contributed by atoms with E-state index in [1.807, 2.05) is 31.2 Å². The lowest BCUT2D eigenvalue weighted by atomic mass is 10.2. The van der Waals surface area contributed by atoms with Gasteiger partial charge in [-0.15, -0.1) is 10.5 Å². The van der Waals surface area contributed by atoms with Gasteiger partial charge >= 0.3 is 6.18 Å². The quantitative estimate of drug-likeness (QED) is 0.580. The number of rotatable bonds is 6. The second-order valence-corrected chi connectivity index (χ2v) is 7.86. The Labute approximate surface area is 157 Å². The molecule has 0 aliphatic heterocycles. The molecular weight excluding hydrogens is 375 g/mol. The van der Waals surface area contributed by atoms with Gasteiger partial charge in [-0.2, -0.15) is 13.2 Å². The molecule has 0 saturated carbocycles. The number of pyridine rings is 1. The van der Waals surface area contributed by atoms with Gasteiger partial charge in [0.1, 0.15) is 5.75 Å². The minimum atomic E-state index is -4.37. The Morgan fingerprint density at radius 3 is 2.70 bits per heavy atom. The summed E-state index contributed by atoms with van der Waals surface area (Å²) in [5, 5.41) is 3.00. The zero-order chi connectivity index (χ0) is 19.4. The molecule has 1 N–H and O–H groups in total. The van der Waals surface area contributed by atoms with Gasteiger partial charge in [0.2, 0.25) is 0 Å². The van der Waals surface area contributed by atoms with E-state index in [1.165, 1.54) is 12.3 Å². The number of H-pyrrole nitrogens is 1. The van der Waals surface area contributed by atoms with Crippen LogP contribution in [0, 0.1) is 6.92 Å². The van der Waals surface area contributed by atoms with E-state index < -0.39 is 12.8 Å². The summed E-state index contributed by atoms with van der Waals surface area (Å²) in [6.07, 6.45) is -2.03. The number of ether oxygens (including phenoxy) is 1.